The van der Waals surface area contributed by atoms with Gasteiger partial charge in [0.25, 0.3) is 5.91 Å². The van der Waals surface area contributed by atoms with Crippen LogP contribution in [0.2, 0.25) is 5.02 Å². The number of aromatic nitrogens is 1. The number of nitrogens with zero attached hydrogens (tertiary/aromatic N) is 1. The van der Waals surface area contributed by atoms with Crippen LogP contribution in [0.5, 0.6) is 11.5 Å². The van der Waals surface area contributed by atoms with Crippen LogP contribution in [0.1, 0.15) is 44.6 Å². The first-order valence-electron chi connectivity index (χ1n) is 12.1. The summed E-state index contributed by atoms with van der Waals surface area (Å²) in [6, 6.07) is 15.1. The Kier molecular flexibility index (Phi) is 8.87. The molecule has 0 fully saturated rings. The summed E-state index contributed by atoms with van der Waals surface area (Å²) < 4.78 is 62.6. The first-order valence-corrected chi connectivity index (χ1v) is 12.5. The number of nitrogens with one attached hydrogen (secondary N) is 1. The minimum atomic E-state index is -4.79. The number of benzene rings is 3. The number of anilines is 1. The van der Waals surface area contributed by atoms with Crippen LogP contribution in [0.4, 0.5) is 18.9 Å². The number of halogens is 4. The Morgan fingerprint density at radius 3 is 2.39 bits per heavy atom. The molecule has 1 aromatic heterocycles. The van der Waals surface area contributed by atoms with E-state index in [2.05, 4.69) is 10.5 Å². The van der Waals surface area contributed by atoms with Gasteiger partial charge in [0, 0.05) is 10.6 Å². The maximum Gasteiger partial charge on any atom is 0.418 e. The lowest BCUT2D eigenvalue weighted by Gasteiger charge is -2.20. The molecule has 4 rings (SSSR count). The summed E-state index contributed by atoms with van der Waals surface area (Å²) in [5.41, 5.74) is 0.0169. The molecule has 4 aromatic rings. The van der Waals surface area contributed by atoms with E-state index >= 15 is 0 Å². The molecular weight excluding hydrogens is 565 g/mol. The molecule has 0 spiro atoms. The molecule has 3 aromatic carbocycles. The van der Waals surface area contributed by atoms with Gasteiger partial charge in [-0.05, 0) is 50.2 Å². The van der Waals surface area contributed by atoms with Crippen molar-refractivity contribution in [1.29, 1.82) is 0 Å². The van der Waals surface area contributed by atoms with Crippen molar-refractivity contribution < 1.29 is 41.5 Å². The molecule has 0 saturated heterocycles. The zero-order valence-corrected chi connectivity index (χ0v) is 22.8. The van der Waals surface area contributed by atoms with E-state index in [1.54, 1.807) is 32.0 Å². The molecule has 0 saturated carbocycles. The number of carbonyl (C=O) groups is 2. The normalized spacial score (nSPS) is 12.0. The monoisotopic (exact) mass is 588 g/mol. The highest BCUT2D eigenvalue weighted by atomic mass is 35.5. The molecule has 1 atom stereocenters. The maximum absolute atomic E-state index is 13.6. The second-order valence-corrected chi connectivity index (χ2v) is 9.27. The number of hydrogen-bond donors (Lipinski definition) is 1. The molecule has 8 nitrogen and oxygen atoms in total. The lowest BCUT2D eigenvalue weighted by atomic mass is 10.1. The van der Waals surface area contributed by atoms with E-state index in [1.165, 1.54) is 43.5 Å². The molecule has 12 heteroatoms. The lowest BCUT2D eigenvalue weighted by molar-refractivity contribution is -0.137. The van der Waals surface area contributed by atoms with Crippen LogP contribution >= 0.6 is 11.6 Å². The molecule has 214 valence electrons. The molecular formula is C29H24ClF3N2O6. The van der Waals surface area contributed by atoms with Crippen molar-refractivity contribution in [3.8, 4) is 11.5 Å². The number of carbonyl (C=O) groups excluding carboxylic acids is 2. The van der Waals surface area contributed by atoms with Gasteiger partial charge < -0.3 is 24.1 Å². The number of alkyl halides is 3. The maximum atomic E-state index is 13.6. The van der Waals surface area contributed by atoms with Crippen LogP contribution in [0.3, 0.4) is 0 Å². The van der Waals surface area contributed by atoms with E-state index in [0.29, 0.717) is 23.3 Å². The van der Waals surface area contributed by atoms with Gasteiger partial charge in [0.2, 0.25) is 6.10 Å². The third-order valence-electron chi connectivity index (χ3n) is 6.06. The Morgan fingerprint density at radius 2 is 1.76 bits per heavy atom. The number of methoxy groups -OCH3 is 1. The zero-order valence-electron chi connectivity index (χ0n) is 22.0. The molecule has 0 bridgehead atoms. The Morgan fingerprint density at radius 1 is 1.02 bits per heavy atom. The number of rotatable bonds is 9. The standard InChI is InChI=1S/C29H24ClF3N2O6/c1-16-21(17(2)41-35-16)15-39-24-12-9-19(13-25(24)38-3)28(37)40-26(18-7-5-4-6-8-18)27(36)34-23-11-10-20(30)14-22(23)29(31,32)33/h4-14,26H,15H2,1-3H3,(H,34,36)/t26-/m0/s1. The third-order valence-corrected chi connectivity index (χ3v) is 6.30. The SMILES string of the molecule is COc1cc(C(=O)O[C@H](C(=O)Nc2ccc(Cl)cc2C(F)(F)F)c2ccccc2)ccc1OCc1c(C)noc1C. The minimum absolute atomic E-state index is 0.0164. The topological polar surface area (TPSA) is 99.9 Å². The van der Waals surface area contributed by atoms with Gasteiger partial charge in [-0.15, -0.1) is 0 Å². The zero-order chi connectivity index (χ0) is 29.7. The quantitative estimate of drug-likeness (QED) is 0.208. The summed E-state index contributed by atoms with van der Waals surface area (Å²) in [6.45, 7) is 3.68. The molecule has 0 aliphatic rings. The van der Waals surface area contributed by atoms with Crippen LogP contribution in [-0.4, -0.2) is 24.1 Å². The lowest BCUT2D eigenvalue weighted by Crippen LogP contribution is -2.27. The van der Waals surface area contributed by atoms with E-state index in [1.807, 2.05) is 0 Å². The fourth-order valence-electron chi connectivity index (χ4n) is 3.91. The summed E-state index contributed by atoms with van der Waals surface area (Å²) in [4.78, 5) is 26.4. The number of aryl methyl sites for hydroxylation is 2. The summed E-state index contributed by atoms with van der Waals surface area (Å²) >= 11 is 5.74. The first kappa shape index (κ1) is 29.5. The Hall–Kier alpha value is -4.51. The van der Waals surface area contributed by atoms with Crippen molar-refractivity contribution in [2.75, 3.05) is 12.4 Å². The van der Waals surface area contributed by atoms with Gasteiger partial charge in [-0.3, -0.25) is 4.79 Å². The fraction of sp³-hybridized carbons (Fsp3) is 0.207. The molecule has 0 aliphatic heterocycles. The van der Waals surface area contributed by atoms with Crippen LogP contribution in [0.25, 0.3) is 0 Å². The van der Waals surface area contributed by atoms with E-state index < -0.39 is 35.4 Å². The molecule has 0 radical (unpaired) electrons. The number of amides is 1. The molecule has 0 unspecified atom stereocenters. The van der Waals surface area contributed by atoms with Gasteiger partial charge in [0.1, 0.15) is 12.4 Å². The van der Waals surface area contributed by atoms with Gasteiger partial charge in [0.15, 0.2) is 11.5 Å². The van der Waals surface area contributed by atoms with E-state index in [9.17, 15) is 22.8 Å². The summed E-state index contributed by atoms with van der Waals surface area (Å²) in [5.74, 6) is -0.778. The molecule has 41 heavy (non-hydrogen) atoms. The van der Waals surface area contributed by atoms with E-state index in [-0.39, 0.29) is 28.5 Å². The smallest absolute Gasteiger partial charge is 0.418 e. The highest BCUT2D eigenvalue weighted by molar-refractivity contribution is 6.30. The van der Waals surface area contributed by atoms with Crippen molar-refractivity contribution in [3.63, 3.8) is 0 Å². The van der Waals surface area contributed by atoms with Crippen LogP contribution < -0.4 is 14.8 Å². The van der Waals surface area contributed by atoms with Crippen LogP contribution in [-0.2, 0) is 22.3 Å². The second-order valence-electron chi connectivity index (χ2n) is 8.83. The van der Waals surface area contributed by atoms with Crippen molar-refractivity contribution in [3.05, 3.63) is 105 Å². The summed E-state index contributed by atoms with van der Waals surface area (Å²) in [6.07, 6.45) is -6.37. The van der Waals surface area contributed by atoms with E-state index in [4.69, 9.17) is 30.3 Å². The second kappa shape index (κ2) is 12.3. The Balaban J connectivity index is 1.57. The van der Waals surface area contributed by atoms with Gasteiger partial charge in [-0.1, -0.05) is 47.1 Å². The predicted octanol–water partition coefficient (Wildman–Crippen LogP) is 7.09. The van der Waals surface area contributed by atoms with Crippen molar-refractivity contribution >= 4 is 29.2 Å². The average molecular weight is 589 g/mol. The number of ether oxygens (including phenoxy) is 3. The Labute approximate surface area is 238 Å². The highest BCUT2D eigenvalue weighted by Crippen LogP contribution is 2.37. The van der Waals surface area contributed by atoms with Crippen LogP contribution in [0, 0.1) is 13.8 Å². The van der Waals surface area contributed by atoms with Gasteiger partial charge in [-0.2, -0.15) is 13.2 Å². The Bertz CT molecular complexity index is 1540. The minimum Gasteiger partial charge on any atom is -0.493 e. The third kappa shape index (κ3) is 6.98. The predicted molar refractivity (Wildman–Crippen MR) is 143 cm³/mol. The van der Waals surface area contributed by atoms with Crippen LogP contribution in [0.15, 0.2) is 71.3 Å². The first-order chi connectivity index (χ1) is 19.5. The fourth-order valence-corrected chi connectivity index (χ4v) is 4.08. The highest BCUT2D eigenvalue weighted by Gasteiger charge is 2.35. The molecule has 1 amide bonds. The van der Waals surface area contributed by atoms with Gasteiger partial charge in [-0.25, -0.2) is 4.79 Å². The average Bonchev–Trinajstić information content (AvgIpc) is 3.27. The van der Waals surface area contributed by atoms with Gasteiger partial charge >= 0.3 is 12.1 Å². The van der Waals surface area contributed by atoms with Crippen molar-refractivity contribution in [2.24, 2.45) is 0 Å². The molecule has 0 aliphatic carbocycles. The molecule has 1 heterocycles. The number of hydrogen-bond acceptors (Lipinski definition) is 7. The number of esters is 1. The van der Waals surface area contributed by atoms with E-state index in [0.717, 1.165) is 11.6 Å². The van der Waals surface area contributed by atoms with Gasteiger partial charge in [0.05, 0.1) is 35.2 Å². The summed E-state index contributed by atoms with van der Waals surface area (Å²) in [7, 11) is 1.39. The summed E-state index contributed by atoms with van der Waals surface area (Å²) in [5, 5.41) is 5.94. The largest absolute Gasteiger partial charge is 0.493 e. The molecule has 1 N–H and O–H groups in total. The van der Waals surface area contributed by atoms with Crippen molar-refractivity contribution in [1.82, 2.24) is 5.16 Å². The van der Waals surface area contributed by atoms with Crippen molar-refractivity contribution in [2.45, 2.75) is 32.7 Å².